The van der Waals surface area contributed by atoms with E-state index in [4.69, 9.17) is 0 Å². The Morgan fingerprint density at radius 3 is 1.94 bits per heavy atom. The van der Waals surface area contributed by atoms with Crippen molar-refractivity contribution >= 4 is 0 Å². The van der Waals surface area contributed by atoms with Gasteiger partial charge in [-0.05, 0) is 43.9 Å². The molecule has 2 nitrogen and oxygen atoms in total. The van der Waals surface area contributed by atoms with E-state index in [1.54, 1.807) is 0 Å². The van der Waals surface area contributed by atoms with Gasteiger partial charge in [-0.3, -0.25) is 0 Å². The quantitative estimate of drug-likeness (QED) is 0.686. The molecule has 94 valence electrons. The van der Waals surface area contributed by atoms with Crippen molar-refractivity contribution in [2.45, 2.75) is 46.0 Å². The lowest BCUT2D eigenvalue weighted by atomic mass is 9.88. The third-order valence-electron chi connectivity index (χ3n) is 4.27. The Morgan fingerprint density at radius 1 is 1.12 bits per heavy atom. The molecule has 2 heteroatoms. The average molecular weight is 225 g/mol. The van der Waals surface area contributed by atoms with Crippen molar-refractivity contribution in [2.75, 3.05) is 26.2 Å². The minimum absolute atomic E-state index is 0.115. The number of hydrogen-bond acceptors (Lipinski definition) is 2. The molecule has 2 fully saturated rings. The predicted octanol–water partition coefficient (Wildman–Crippen LogP) is 2.52. The summed E-state index contributed by atoms with van der Waals surface area (Å²) in [6.07, 6.45) is 6.81. The van der Waals surface area contributed by atoms with E-state index in [0.717, 1.165) is 24.8 Å². The standard InChI is InChI=1S/C14H27NO/c1-3-14(2,11-16)10-15(8-12-4-5-12)9-13-6-7-13/h12-13,16H,3-11H2,1-2H3. The molecule has 0 aromatic rings. The van der Waals surface area contributed by atoms with Crippen LogP contribution in [0.4, 0.5) is 0 Å². The van der Waals surface area contributed by atoms with Gasteiger partial charge in [-0.1, -0.05) is 13.8 Å². The van der Waals surface area contributed by atoms with Crippen molar-refractivity contribution < 1.29 is 5.11 Å². The molecule has 0 aromatic carbocycles. The smallest absolute Gasteiger partial charge is 0.0496 e. The van der Waals surface area contributed by atoms with Crippen LogP contribution in [0.2, 0.25) is 0 Å². The molecule has 2 aliphatic rings. The maximum absolute atomic E-state index is 9.51. The van der Waals surface area contributed by atoms with E-state index in [-0.39, 0.29) is 5.41 Å². The molecular weight excluding hydrogens is 198 g/mol. The predicted molar refractivity (Wildman–Crippen MR) is 67.4 cm³/mol. The van der Waals surface area contributed by atoms with Gasteiger partial charge in [0.2, 0.25) is 0 Å². The fourth-order valence-electron chi connectivity index (χ4n) is 2.35. The second-order valence-corrected chi connectivity index (χ2v) is 6.40. The summed E-state index contributed by atoms with van der Waals surface area (Å²) in [5.74, 6) is 1.94. The lowest BCUT2D eigenvalue weighted by molar-refractivity contribution is 0.0800. The fourth-order valence-corrected chi connectivity index (χ4v) is 2.35. The molecule has 0 spiro atoms. The van der Waals surface area contributed by atoms with Crippen LogP contribution in [0.3, 0.4) is 0 Å². The van der Waals surface area contributed by atoms with Crippen molar-refractivity contribution in [2.24, 2.45) is 17.3 Å². The Labute approximate surface area is 100 Å². The Kier molecular flexibility index (Phi) is 3.91. The zero-order valence-corrected chi connectivity index (χ0v) is 10.9. The molecule has 1 N–H and O–H groups in total. The van der Waals surface area contributed by atoms with Gasteiger partial charge in [0.15, 0.2) is 0 Å². The third kappa shape index (κ3) is 3.74. The number of nitrogens with zero attached hydrogens (tertiary/aromatic N) is 1. The summed E-state index contributed by atoms with van der Waals surface area (Å²) >= 11 is 0. The summed E-state index contributed by atoms with van der Waals surface area (Å²) in [7, 11) is 0. The molecule has 2 rings (SSSR count). The SMILES string of the molecule is CCC(C)(CO)CN(CC1CC1)CC1CC1. The summed E-state index contributed by atoms with van der Waals surface area (Å²) in [4.78, 5) is 2.63. The van der Waals surface area contributed by atoms with Crippen LogP contribution in [-0.2, 0) is 0 Å². The maximum atomic E-state index is 9.51. The van der Waals surface area contributed by atoms with Crippen LogP contribution in [0, 0.1) is 17.3 Å². The molecule has 2 saturated carbocycles. The number of rotatable bonds is 8. The van der Waals surface area contributed by atoms with Crippen molar-refractivity contribution in [3.05, 3.63) is 0 Å². The van der Waals surface area contributed by atoms with Crippen molar-refractivity contribution in [1.29, 1.82) is 0 Å². The van der Waals surface area contributed by atoms with E-state index in [2.05, 4.69) is 18.7 Å². The van der Waals surface area contributed by atoms with E-state index in [9.17, 15) is 5.11 Å². The zero-order valence-electron chi connectivity index (χ0n) is 10.9. The summed E-state index contributed by atoms with van der Waals surface area (Å²) < 4.78 is 0. The fraction of sp³-hybridized carbons (Fsp3) is 1.00. The Bertz CT molecular complexity index is 203. The van der Waals surface area contributed by atoms with Crippen molar-refractivity contribution in [3.63, 3.8) is 0 Å². The van der Waals surface area contributed by atoms with Gasteiger partial charge in [-0.25, -0.2) is 0 Å². The summed E-state index contributed by atoms with van der Waals surface area (Å²) in [6, 6.07) is 0. The molecule has 0 saturated heterocycles. The second kappa shape index (κ2) is 5.05. The summed E-state index contributed by atoms with van der Waals surface area (Å²) in [6.45, 7) is 8.41. The number of hydrogen-bond donors (Lipinski definition) is 1. The summed E-state index contributed by atoms with van der Waals surface area (Å²) in [5, 5.41) is 9.51. The van der Waals surface area contributed by atoms with Crippen molar-refractivity contribution in [3.8, 4) is 0 Å². The van der Waals surface area contributed by atoms with Gasteiger partial charge in [0, 0.05) is 31.7 Å². The van der Waals surface area contributed by atoms with Gasteiger partial charge in [-0.15, -0.1) is 0 Å². The third-order valence-corrected chi connectivity index (χ3v) is 4.27. The molecule has 1 atom stereocenters. The molecule has 0 heterocycles. The first-order valence-corrected chi connectivity index (χ1v) is 6.98. The Balaban J connectivity index is 1.83. The molecule has 0 amide bonds. The van der Waals surface area contributed by atoms with Gasteiger partial charge >= 0.3 is 0 Å². The van der Waals surface area contributed by atoms with E-state index >= 15 is 0 Å². The molecule has 1 unspecified atom stereocenters. The highest BCUT2D eigenvalue weighted by Crippen LogP contribution is 2.35. The van der Waals surface area contributed by atoms with E-state index in [1.165, 1.54) is 38.8 Å². The highest BCUT2D eigenvalue weighted by Gasteiger charge is 2.32. The van der Waals surface area contributed by atoms with Crippen LogP contribution in [0.15, 0.2) is 0 Å². The average Bonchev–Trinajstić information content (AvgIpc) is 3.13. The van der Waals surface area contributed by atoms with E-state index in [1.807, 2.05) is 0 Å². The monoisotopic (exact) mass is 225 g/mol. The van der Waals surface area contributed by atoms with Crippen molar-refractivity contribution in [1.82, 2.24) is 4.90 Å². The first kappa shape index (κ1) is 12.4. The number of aliphatic hydroxyl groups excluding tert-OH is 1. The first-order valence-electron chi connectivity index (χ1n) is 6.98. The molecule has 16 heavy (non-hydrogen) atoms. The van der Waals surface area contributed by atoms with Crippen LogP contribution in [0.25, 0.3) is 0 Å². The first-order chi connectivity index (χ1) is 7.65. The number of aliphatic hydroxyl groups is 1. The largest absolute Gasteiger partial charge is 0.396 e. The van der Waals surface area contributed by atoms with E-state index in [0.29, 0.717) is 6.61 Å². The normalized spacial score (nSPS) is 24.8. The van der Waals surface area contributed by atoms with Crippen LogP contribution in [0.1, 0.15) is 46.0 Å². The zero-order chi connectivity index (χ0) is 11.6. The minimum atomic E-state index is 0.115. The van der Waals surface area contributed by atoms with Gasteiger partial charge in [-0.2, -0.15) is 0 Å². The van der Waals surface area contributed by atoms with Gasteiger partial charge in [0.1, 0.15) is 0 Å². The van der Waals surface area contributed by atoms with Gasteiger partial charge < -0.3 is 10.0 Å². The minimum Gasteiger partial charge on any atom is -0.396 e. The molecule has 0 radical (unpaired) electrons. The lowest BCUT2D eigenvalue weighted by Crippen LogP contribution is -2.40. The molecule has 0 bridgehead atoms. The lowest BCUT2D eigenvalue weighted by Gasteiger charge is -2.33. The molecule has 2 aliphatic carbocycles. The second-order valence-electron chi connectivity index (χ2n) is 6.40. The topological polar surface area (TPSA) is 23.5 Å². The highest BCUT2D eigenvalue weighted by molar-refractivity contribution is 4.85. The molecular formula is C14H27NO. The maximum Gasteiger partial charge on any atom is 0.0496 e. The molecule has 0 aliphatic heterocycles. The van der Waals surface area contributed by atoms with Crippen LogP contribution >= 0.6 is 0 Å². The molecule has 0 aromatic heterocycles. The van der Waals surface area contributed by atoms with Crippen LogP contribution in [0.5, 0.6) is 0 Å². The van der Waals surface area contributed by atoms with Gasteiger partial charge in [0.05, 0.1) is 0 Å². The Morgan fingerprint density at radius 2 is 1.62 bits per heavy atom. The Hall–Kier alpha value is -0.0800. The van der Waals surface area contributed by atoms with Crippen LogP contribution < -0.4 is 0 Å². The summed E-state index contributed by atoms with van der Waals surface area (Å²) in [5.41, 5.74) is 0.115. The van der Waals surface area contributed by atoms with Crippen LogP contribution in [-0.4, -0.2) is 36.2 Å². The van der Waals surface area contributed by atoms with Gasteiger partial charge in [0.25, 0.3) is 0 Å². The van der Waals surface area contributed by atoms with E-state index < -0.39 is 0 Å². The highest BCUT2D eigenvalue weighted by atomic mass is 16.3.